The number of hydrogen-bond acceptors (Lipinski definition) is 2. The molecule has 1 saturated heterocycles. The second-order valence-electron chi connectivity index (χ2n) is 11.5. The number of allylic oxidation sites excluding steroid dienone is 3. The zero-order chi connectivity index (χ0) is 26.0. The van der Waals surface area contributed by atoms with Gasteiger partial charge in [-0.05, 0) is 74.3 Å². The van der Waals surface area contributed by atoms with Crippen LogP contribution in [-0.4, -0.2) is 29.3 Å². The Bertz CT molecular complexity index is 1180. The van der Waals surface area contributed by atoms with E-state index < -0.39 is 0 Å². The van der Waals surface area contributed by atoms with Crippen molar-refractivity contribution in [3.63, 3.8) is 0 Å². The van der Waals surface area contributed by atoms with Gasteiger partial charge in [0.1, 0.15) is 0 Å². The fourth-order valence-electron chi connectivity index (χ4n) is 5.66. The highest BCUT2D eigenvalue weighted by Crippen LogP contribution is 2.36. The van der Waals surface area contributed by atoms with E-state index in [4.69, 9.17) is 0 Å². The molecule has 1 fully saturated rings. The van der Waals surface area contributed by atoms with Crippen LogP contribution in [0.3, 0.4) is 0 Å². The van der Waals surface area contributed by atoms with Crippen molar-refractivity contribution in [3.05, 3.63) is 88.5 Å². The third-order valence-corrected chi connectivity index (χ3v) is 7.73. The number of carbonyl (C=O) groups is 2. The standard InChI is InChI=1S/C32H40N2O2/c1-21-15-17-24(18-16-21)29-27(30(35)33-26-13-8-12-25(20-26)32(4,5)6)14-9-19-34(29)31(36)28-22(2)10-7-11-23(28)3/h7-8,10-13,15-17,20,24,27,29H,9,14,18-19H2,1-6H3,(H,33,35)/t24?,27?,29-/m0/s1. The Morgan fingerprint density at radius 1 is 1.00 bits per heavy atom. The van der Waals surface area contributed by atoms with Gasteiger partial charge in [-0.2, -0.15) is 0 Å². The minimum absolute atomic E-state index is 0.000178. The van der Waals surface area contributed by atoms with E-state index in [1.807, 2.05) is 49.1 Å². The number of aryl methyl sites for hydroxylation is 2. The summed E-state index contributed by atoms with van der Waals surface area (Å²) in [5.74, 6) is -0.113. The molecule has 0 bridgehead atoms. The highest BCUT2D eigenvalue weighted by atomic mass is 16.2. The molecule has 0 saturated carbocycles. The van der Waals surface area contributed by atoms with Gasteiger partial charge in [0.25, 0.3) is 5.91 Å². The van der Waals surface area contributed by atoms with Gasteiger partial charge in [-0.3, -0.25) is 9.59 Å². The van der Waals surface area contributed by atoms with Crippen molar-refractivity contribution in [1.29, 1.82) is 0 Å². The number of nitrogens with one attached hydrogen (secondary N) is 1. The fraction of sp³-hybridized carbons (Fsp3) is 0.438. The average molecular weight is 485 g/mol. The molecule has 4 nitrogen and oxygen atoms in total. The maximum Gasteiger partial charge on any atom is 0.254 e. The van der Waals surface area contributed by atoms with Crippen LogP contribution in [0.1, 0.15) is 74.0 Å². The Morgan fingerprint density at radius 3 is 2.33 bits per heavy atom. The molecule has 190 valence electrons. The van der Waals surface area contributed by atoms with Crippen molar-refractivity contribution in [3.8, 4) is 0 Å². The molecule has 2 unspecified atom stereocenters. The fourth-order valence-corrected chi connectivity index (χ4v) is 5.66. The summed E-state index contributed by atoms with van der Waals surface area (Å²) in [6, 6.07) is 13.9. The van der Waals surface area contributed by atoms with Gasteiger partial charge in [0.15, 0.2) is 0 Å². The van der Waals surface area contributed by atoms with Crippen molar-refractivity contribution in [2.45, 2.75) is 72.3 Å². The number of anilines is 1. The second-order valence-corrected chi connectivity index (χ2v) is 11.5. The Kier molecular flexibility index (Phi) is 7.54. The van der Waals surface area contributed by atoms with Crippen molar-refractivity contribution >= 4 is 17.5 Å². The summed E-state index contributed by atoms with van der Waals surface area (Å²) in [5.41, 5.74) is 5.98. The quantitative estimate of drug-likeness (QED) is 0.509. The molecule has 0 radical (unpaired) electrons. The molecule has 4 rings (SSSR count). The van der Waals surface area contributed by atoms with Crippen LogP contribution in [0.2, 0.25) is 0 Å². The zero-order valence-corrected chi connectivity index (χ0v) is 22.6. The van der Waals surface area contributed by atoms with Crippen molar-refractivity contribution < 1.29 is 9.59 Å². The average Bonchev–Trinajstić information content (AvgIpc) is 2.83. The maximum atomic E-state index is 14.0. The van der Waals surface area contributed by atoms with Crippen LogP contribution in [-0.2, 0) is 10.2 Å². The van der Waals surface area contributed by atoms with Crippen LogP contribution in [0.5, 0.6) is 0 Å². The number of rotatable bonds is 4. The molecule has 36 heavy (non-hydrogen) atoms. The summed E-state index contributed by atoms with van der Waals surface area (Å²) >= 11 is 0. The molecular weight excluding hydrogens is 444 g/mol. The van der Waals surface area contributed by atoms with Crippen LogP contribution >= 0.6 is 0 Å². The normalized spacial score (nSPS) is 22.2. The third-order valence-electron chi connectivity index (χ3n) is 7.73. The lowest BCUT2D eigenvalue weighted by molar-refractivity contribution is -0.123. The first-order valence-corrected chi connectivity index (χ1v) is 13.2. The molecular formula is C32H40N2O2. The number of carbonyl (C=O) groups excluding carboxylic acids is 2. The van der Waals surface area contributed by atoms with E-state index in [2.05, 4.69) is 63.4 Å². The number of amides is 2. The first-order chi connectivity index (χ1) is 17.1. The number of piperidine rings is 1. The first-order valence-electron chi connectivity index (χ1n) is 13.2. The van der Waals surface area contributed by atoms with E-state index in [-0.39, 0.29) is 35.1 Å². The highest BCUT2D eigenvalue weighted by Gasteiger charge is 2.42. The van der Waals surface area contributed by atoms with Crippen LogP contribution in [0.4, 0.5) is 5.69 Å². The van der Waals surface area contributed by atoms with E-state index >= 15 is 0 Å². The molecule has 4 heteroatoms. The molecule has 2 amide bonds. The van der Waals surface area contributed by atoms with Crippen LogP contribution in [0, 0.1) is 25.7 Å². The van der Waals surface area contributed by atoms with Crippen LogP contribution < -0.4 is 5.32 Å². The smallest absolute Gasteiger partial charge is 0.254 e. The lowest BCUT2D eigenvalue weighted by Gasteiger charge is -2.44. The second kappa shape index (κ2) is 10.5. The molecule has 1 heterocycles. The molecule has 2 aromatic rings. The van der Waals surface area contributed by atoms with Gasteiger partial charge >= 0.3 is 0 Å². The zero-order valence-electron chi connectivity index (χ0n) is 22.6. The summed E-state index contributed by atoms with van der Waals surface area (Å²) < 4.78 is 0. The lowest BCUT2D eigenvalue weighted by Crippen LogP contribution is -2.55. The van der Waals surface area contributed by atoms with Crippen molar-refractivity contribution in [2.24, 2.45) is 11.8 Å². The third kappa shape index (κ3) is 5.48. The van der Waals surface area contributed by atoms with Crippen LogP contribution in [0.25, 0.3) is 0 Å². The molecule has 1 aliphatic heterocycles. The summed E-state index contributed by atoms with van der Waals surface area (Å²) in [6.07, 6.45) is 9.00. The van der Waals surface area contributed by atoms with Gasteiger partial charge in [0.05, 0.1) is 12.0 Å². The van der Waals surface area contributed by atoms with E-state index in [9.17, 15) is 9.59 Å². The molecule has 1 N–H and O–H groups in total. The van der Waals surface area contributed by atoms with Gasteiger partial charge in [-0.25, -0.2) is 0 Å². The van der Waals surface area contributed by atoms with E-state index in [1.54, 1.807) is 0 Å². The van der Waals surface area contributed by atoms with Crippen molar-refractivity contribution in [1.82, 2.24) is 4.90 Å². The Balaban J connectivity index is 1.66. The Hall–Kier alpha value is -3.14. The molecule has 2 aliphatic rings. The van der Waals surface area contributed by atoms with Gasteiger partial charge in [0, 0.05) is 23.7 Å². The lowest BCUT2D eigenvalue weighted by atomic mass is 9.77. The number of benzene rings is 2. The number of likely N-dealkylation sites (tertiary alicyclic amines) is 1. The predicted molar refractivity (Wildman–Crippen MR) is 148 cm³/mol. The molecule has 3 atom stereocenters. The van der Waals surface area contributed by atoms with E-state index in [0.29, 0.717) is 6.54 Å². The van der Waals surface area contributed by atoms with E-state index in [0.717, 1.165) is 41.6 Å². The van der Waals surface area contributed by atoms with Gasteiger partial charge < -0.3 is 10.2 Å². The summed E-state index contributed by atoms with van der Waals surface area (Å²) in [5, 5.41) is 3.21. The summed E-state index contributed by atoms with van der Waals surface area (Å²) in [7, 11) is 0. The monoisotopic (exact) mass is 484 g/mol. The minimum Gasteiger partial charge on any atom is -0.334 e. The topological polar surface area (TPSA) is 49.4 Å². The molecule has 0 spiro atoms. The van der Waals surface area contributed by atoms with Gasteiger partial charge in [-0.15, -0.1) is 0 Å². The first kappa shape index (κ1) is 25.9. The molecule has 2 aromatic carbocycles. The van der Waals surface area contributed by atoms with Crippen molar-refractivity contribution in [2.75, 3.05) is 11.9 Å². The van der Waals surface area contributed by atoms with E-state index in [1.165, 1.54) is 11.1 Å². The minimum atomic E-state index is -0.272. The Labute approximate surface area is 216 Å². The van der Waals surface area contributed by atoms with Gasteiger partial charge in [-0.1, -0.05) is 74.9 Å². The Morgan fingerprint density at radius 2 is 1.69 bits per heavy atom. The predicted octanol–water partition coefficient (Wildman–Crippen LogP) is 6.98. The summed E-state index contributed by atoms with van der Waals surface area (Å²) in [6.45, 7) is 13.3. The van der Waals surface area contributed by atoms with Gasteiger partial charge in [0.2, 0.25) is 5.91 Å². The number of nitrogens with zero attached hydrogens (tertiary/aromatic N) is 1. The summed E-state index contributed by atoms with van der Waals surface area (Å²) in [4.78, 5) is 29.8. The SMILES string of the molecule is CC1=CCC([C@H]2C(C(=O)Nc3cccc(C(C)(C)C)c3)CCCN2C(=O)c2c(C)cccc2C)C=C1. The number of hydrogen-bond donors (Lipinski definition) is 1. The highest BCUT2D eigenvalue weighted by molar-refractivity contribution is 5.99. The largest absolute Gasteiger partial charge is 0.334 e. The molecule has 0 aromatic heterocycles. The van der Waals surface area contributed by atoms with Crippen LogP contribution in [0.15, 0.2) is 66.3 Å². The molecule has 1 aliphatic carbocycles. The maximum absolute atomic E-state index is 14.0.